The summed E-state index contributed by atoms with van der Waals surface area (Å²) in [5.41, 5.74) is 1.71. The fourth-order valence-electron chi connectivity index (χ4n) is 2.59. The van der Waals surface area contributed by atoms with E-state index in [9.17, 15) is 13.2 Å². The van der Waals surface area contributed by atoms with E-state index < -0.39 is 10.0 Å². The number of nitrogens with one attached hydrogen (secondary N) is 2. The maximum atomic E-state index is 12.6. The van der Waals surface area contributed by atoms with Gasteiger partial charge in [0.05, 0.1) is 26.4 Å². The van der Waals surface area contributed by atoms with E-state index in [-0.39, 0.29) is 32.3 Å². The van der Waals surface area contributed by atoms with Crippen LogP contribution in [0.3, 0.4) is 0 Å². The Labute approximate surface area is 200 Å². The quantitative estimate of drug-likeness (QED) is 0.368. The Balaban J connectivity index is 1.56. The molecule has 5 nitrogen and oxygen atoms in total. The number of amides is 1. The van der Waals surface area contributed by atoms with Gasteiger partial charge in [0.15, 0.2) is 0 Å². The monoisotopic (exact) mass is 514 g/mol. The number of halogens is 3. The van der Waals surface area contributed by atoms with Crippen LogP contribution in [0.1, 0.15) is 5.56 Å². The highest BCUT2D eigenvalue weighted by atomic mass is 35.5. The van der Waals surface area contributed by atoms with E-state index in [1.54, 1.807) is 18.2 Å². The van der Waals surface area contributed by atoms with Gasteiger partial charge in [-0.05, 0) is 54.1 Å². The Hall–Kier alpha value is -1.90. The lowest BCUT2D eigenvalue weighted by Crippen LogP contribution is -2.15. The van der Waals surface area contributed by atoms with Gasteiger partial charge in [-0.2, -0.15) is 0 Å². The molecule has 3 aromatic rings. The van der Waals surface area contributed by atoms with Crippen LogP contribution in [0.4, 0.5) is 11.4 Å². The molecule has 31 heavy (non-hydrogen) atoms. The summed E-state index contributed by atoms with van der Waals surface area (Å²) in [6.45, 7) is 0. The molecule has 3 aromatic carbocycles. The fraction of sp³-hybridized carbons (Fsp3) is 0.0952. The second kappa shape index (κ2) is 10.6. The lowest BCUT2D eigenvalue weighted by molar-refractivity contribution is -0.113. The van der Waals surface area contributed by atoms with Gasteiger partial charge in [0.1, 0.15) is 0 Å². The van der Waals surface area contributed by atoms with Gasteiger partial charge in [0, 0.05) is 16.5 Å². The molecule has 0 saturated carbocycles. The smallest absolute Gasteiger partial charge is 0.261 e. The third-order valence-corrected chi connectivity index (χ3v) is 7.47. The SMILES string of the molecule is O=C(CSCc1cccc(Cl)c1)Nc1ccc(S(=O)(=O)Nc2cccc(Cl)c2Cl)cc1. The maximum absolute atomic E-state index is 12.6. The lowest BCUT2D eigenvalue weighted by Gasteiger charge is -2.11. The molecular formula is C21H17Cl3N2O3S2. The Morgan fingerprint density at radius 1 is 0.935 bits per heavy atom. The van der Waals surface area contributed by atoms with E-state index in [1.807, 2.05) is 18.2 Å². The van der Waals surface area contributed by atoms with Crippen molar-refractivity contribution in [3.05, 3.63) is 87.4 Å². The molecule has 0 aromatic heterocycles. The molecule has 0 fully saturated rings. The van der Waals surface area contributed by atoms with E-state index in [1.165, 1.54) is 42.1 Å². The van der Waals surface area contributed by atoms with Crippen LogP contribution in [0, 0.1) is 0 Å². The molecular weight excluding hydrogens is 499 g/mol. The summed E-state index contributed by atoms with van der Waals surface area (Å²) in [5, 5.41) is 3.76. The Kier molecular flexibility index (Phi) is 8.13. The fourth-order valence-corrected chi connectivity index (χ4v) is 5.05. The minimum atomic E-state index is -3.87. The number of rotatable bonds is 8. The average molecular weight is 516 g/mol. The molecule has 0 aliphatic rings. The number of anilines is 2. The average Bonchev–Trinajstić information content (AvgIpc) is 2.72. The van der Waals surface area contributed by atoms with Crippen LogP contribution in [0.25, 0.3) is 0 Å². The number of hydrogen-bond donors (Lipinski definition) is 2. The summed E-state index contributed by atoms with van der Waals surface area (Å²) in [6, 6.07) is 18.0. The van der Waals surface area contributed by atoms with Crippen LogP contribution in [0.15, 0.2) is 71.6 Å². The number of benzene rings is 3. The zero-order valence-corrected chi connectivity index (χ0v) is 19.8. The van der Waals surface area contributed by atoms with Crippen LogP contribution in [-0.4, -0.2) is 20.1 Å². The lowest BCUT2D eigenvalue weighted by atomic mass is 10.2. The molecule has 0 bridgehead atoms. The zero-order valence-electron chi connectivity index (χ0n) is 15.9. The first kappa shape index (κ1) is 23.8. The number of thioether (sulfide) groups is 1. The van der Waals surface area contributed by atoms with Gasteiger partial charge in [0.2, 0.25) is 5.91 Å². The second-order valence-corrected chi connectivity index (χ2v) is 10.3. The van der Waals surface area contributed by atoms with Crippen molar-refractivity contribution in [2.45, 2.75) is 10.6 Å². The van der Waals surface area contributed by atoms with Gasteiger partial charge in [-0.15, -0.1) is 11.8 Å². The van der Waals surface area contributed by atoms with Crippen LogP contribution < -0.4 is 10.0 Å². The first-order valence-electron chi connectivity index (χ1n) is 8.93. The van der Waals surface area contributed by atoms with Crippen LogP contribution in [0.2, 0.25) is 15.1 Å². The van der Waals surface area contributed by atoms with Crippen LogP contribution in [-0.2, 0) is 20.6 Å². The molecule has 10 heteroatoms. The summed E-state index contributed by atoms with van der Waals surface area (Å²) >= 11 is 19.4. The van der Waals surface area contributed by atoms with Crippen molar-refractivity contribution in [1.29, 1.82) is 0 Å². The first-order valence-corrected chi connectivity index (χ1v) is 12.7. The summed E-state index contributed by atoms with van der Waals surface area (Å²) in [6.07, 6.45) is 0. The first-order chi connectivity index (χ1) is 14.7. The van der Waals surface area contributed by atoms with Crippen molar-refractivity contribution in [3.8, 4) is 0 Å². The molecule has 0 aliphatic carbocycles. The Morgan fingerprint density at radius 2 is 1.65 bits per heavy atom. The highest BCUT2D eigenvalue weighted by molar-refractivity contribution is 7.99. The van der Waals surface area contributed by atoms with Gasteiger partial charge in [-0.1, -0.05) is 53.0 Å². The van der Waals surface area contributed by atoms with E-state index in [4.69, 9.17) is 34.8 Å². The number of sulfonamides is 1. The van der Waals surface area contributed by atoms with Gasteiger partial charge >= 0.3 is 0 Å². The zero-order chi connectivity index (χ0) is 22.4. The van der Waals surface area contributed by atoms with Crippen molar-refractivity contribution < 1.29 is 13.2 Å². The van der Waals surface area contributed by atoms with E-state index in [0.717, 1.165) is 5.56 Å². The molecule has 2 N–H and O–H groups in total. The summed E-state index contributed by atoms with van der Waals surface area (Å²) < 4.78 is 27.6. The second-order valence-electron chi connectivity index (χ2n) is 6.40. The molecule has 0 aliphatic heterocycles. The number of carbonyl (C=O) groups is 1. The summed E-state index contributed by atoms with van der Waals surface area (Å²) in [7, 11) is -3.87. The number of carbonyl (C=O) groups excluding carboxylic acids is 1. The maximum Gasteiger partial charge on any atom is 0.261 e. The highest BCUT2D eigenvalue weighted by Crippen LogP contribution is 2.31. The molecule has 1 amide bonds. The minimum Gasteiger partial charge on any atom is -0.325 e. The summed E-state index contributed by atoms with van der Waals surface area (Å²) in [5.74, 6) is 0.719. The minimum absolute atomic E-state index is 0.0249. The molecule has 0 radical (unpaired) electrons. The third kappa shape index (κ3) is 6.79. The summed E-state index contributed by atoms with van der Waals surface area (Å²) in [4.78, 5) is 12.2. The highest BCUT2D eigenvalue weighted by Gasteiger charge is 2.17. The molecule has 0 unspecified atom stereocenters. The van der Waals surface area contributed by atoms with Crippen molar-refractivity contribution in [2.75, 3.05) is 15.8 Å². The molecule has 3 rings (SSSR count). The van der Waals surface area contributed by atoms with Crippen molar-refractivity contribution in [3.63, 3.8) is 0 Å². The van der Waals surface area contributed by atoms with Gasteiger partial charge < -0.3 is 5.32 Å². The van der Waals surface area contributed by atoms with E-state index in [2.05, 4.69) is 10.0 Å². The standard InChI is InChI=1S/C21H17Cl3N2O3S2/c22-15-4-1-3-14(11-15)12-30-13-20(27)25-16-7-9-17(10-8-16)31(28,29)26-19-6-2-5-18(23)21(19)24/h1-11,26H,12-13H2,(H,25,27). The molecule has 0 atom stereocenters. The molecule has 0 saturated heterocycles. The third-order valence-electron chi connectivity index (χ3n) is 4.04. The predicted molar refractivity (Wildman–Crippen MR) is 130 cm³/mol. The largest absolute Gasteiger partial charge is 0.325 e. The van der Waals surface area contributed by atoms with E-state index in [0.29, 0.717) is 16.5 Å². The van der Waals surface area contributed by atoms with Crippen molar-refractivity contribution in [1.82, 2.24) is 0 Å². The van der Waals surface area contributed by atoms with Gasteiger partial charge in [-0.25, -0.2) is 8.42 Å². The van der Waals surface area contributed by atoms with E-state index >= 15 is 0 Å². The van der Waals surface area contributed by atoms with Crippen molar-refractivity contribution in [2.24, 2.45) is 0 Å². The van der Waals surface area contributed by atoms with Gasteiger partial charge in [0.25, 0.3) is 10.0 Å². The van der Waals surface area contributed by atoms with Crippen LogP contribution in [0.5, 0.6) is 0 Å². The predicted octanol–water partition coefficient (Wildman–Crippen LogP) is 6.32. The molecule has 162 valence electrons. The topological polar surface area (TPSA) is 75.3 Å². The Morgan fingerprint density at radius 3 is 2.35 bits per heavy atom. The van der Waals surface area contributed by atoms with Crippen LogP contribution >= 0.6 is 46.6 Å². The Bertz CT molecular complexity index is 1190. The molecule has 0 spiro atoms. The van der Waals surface area contributed by atoms with Gasteiger partial charge in [-0.3, -0.25) is 9.52 Å². The number of hydrogen-bond acceptors (Lipinski definition) is 4. The van der Waals surface area contributed by atoms with Crippen molar-refractivity contribution >= 4 is 73.9 Å². The normalized spacial score (nSPS) is 11.2. The molecule has 0 heterocycles.